The van der Waals surface area contributed by atoms with Crippen molar-refractivity contribution in [2.75, 3.05) is 17.5 Å². The van der Waals surface area contributed by atoms with Crippen LogP contribution in [0.3, 0.4) is 0 Å². The number of hydrogen-bond donors (Lipinski definition) is 1. The van der Waals surface area contributed by atoms with Crippen LogP contribution in [0.2, 0.25) is 0 Å². The van der Waals surface area contributed by atoms with E-state index in [2.05, 4.69) is 21.2 Å². The van der Waals surface area contributed by atoms with E-state index in [-0.39, 0.29) is 23.4 Å². The Kier molecular flexibility index (Phi) is 11.4. The minimum atomic E-state index is -4.15. The highest BCUT2D eigenvalue weighted by Gasteiger charge is 2.33. The summed E-state index contributed by atoms with van der Waals surface area (Å²) < 4.78 is 35.3. The van der Waals surface area contributed by atoms with Crippen LogP contribution in [0.25, 0.3) is 0 Å². The van der Waals surface area contributed by atoms with Crippen LogP contribution < -0.4 is 14.4 Å². The van der Waals surface area contributed by atoms with Gasteiger partial charge in [0.05, 0.1) is 17.2 Å². The van der Waals surface area contributed by atoms with Gasteiger partial charge in [-0.2, -0.15) is 0 Å². The maximum atomic E-state index is 14.1. The number of sulfonamides is 1. The molecular formula is C31H38BrN3O5S. The number of carbonyl (C=O) groups excluding carboxylic acids is 2. The molecule has 1 N–H and O–H groups in total. The van der Waals surface area contributed by atoms with Gasteiger partial charge in [0.15, 0.2) is 0 Å². The number of aryl methyl sites for hydroxylation is 1. The van der Waals surface area contributed by atoms with Gasteiger partial charge in [-0.05, 0) is 88.2 Å². The van der Waals surface area contributed by atoms with E-state index in [1.54, 1.807) is 36.4 Å². The zero-order valence-electron chi connectivity index (χ0n) is 24.1. The van der Waals surface area contributed by atoms with Crippen LogP contribution in [0.5, 0.6) is 5.75 Å². The van der Waals surface area contributed by atoms with Gasteiger partial charge in [-0.1, -0.05) is 52.7 Å². The average Bonchev–Trinajstić information content (AvgIpc) is 2.93. The normalized spacial score (nSPS) is 12.1. The molecule has 2 amide bonds. The van der Waals surface area contributed by atoms with Crippen LogP contribution >= 0.6 is 15.9 Å². The summed E-state index contributed by atoms with van der Waals surface area (Å²) in [6, 6.07) is 19.6. The Bertz CT molecular complexity index is 1410. The molecule has 0 aliphatic rings. The van der Waals surface area contributed by atoms with E-state index in [1.807, 2.05) is 58.9 Å². The van der Waals surface area contributed by atoms with Gasteiger partial charge in [-0.25, -0.2) is 8.42 Å². The molecule has 8 nitrogen and oxygen atoms in total. The first-order valence-corrected chi connectivity index (χ1v) is 15.9. The van der Waals surface area contributed by atoms with Crippen molar-refractivity contribution >= 4 is 43.5 Å². The van der Waals surface area contributed by atoms with E-state index in [4.69, 9.17) is 4.74 Å². The number of carbonyl (C=O) groups is 2. The van der Waals surface area contributed by atoms with Gasteiger partial charge in [0, 0.05) is 17.1 Å². The summed E-state index contributed by atoms with van der Waals surface area (Å²) in [6.07, 6.45) is 0.360. The van der Waals surface area contributed by atoms with Gasteiger partial charge in [-0.15, -0.1) is 0 Å². The number of nitrogens with one attached hydrogen (secondary N) is 1. The first-order valence-electron chi connectivity index (χ1n) is 13.6. The Balaban J connectivity index is 2.06. The largest absolute Gasteiger partial charge is 0.494 e. The lowest BCUT2D eigenvalue weighted by Gasteiger charge is -2.33. The predicted octanol–water partition coefficient (Wildman–Crippen LogP) is 5.68. The van der Waals surface area contributed by atoms with Crippen LogP contribution in [0, 0.1) is 6.92 Å². The maximum Gasteiger partial charge on any atom is 0.264 e. The number of benzene rings is 3. The number of nitrogens with zero attached hydrogens (tertiary/aromatic N) is 2. The van der Waals surface area contributed by atoms with E-state index in [1.165, 1.54) is 17.0 Å². The summed E-state index contributed by atoms with van der Waals surface area (Å²) in [5.74, 6) is -0.196. The van der Waals surface area contributed by atoms with Crippen LogP contribution in [0.1, 0.15) is 45.2 Å². The number of rotatable bonds is 13. The van der Waals surface area contributed by atoms with Crippen molar-refractivity contribution in [1.82, 2.24) is 10.2 Å². The Morgan fingerprint density at radius 3 is 2.07 bits per heavy atom. The van der Waals surface area contributed by atoms with Gasteiger partial charge < -0.3 is 15.0 Å². The lowest BCUT2D eigenvalue weighted by molar-refractivity contribution is -0.140. The molecule has 1 atom stereocenters. The standard InChI is InChI=1S/C31H38BrN3O5S/c1-6-29(31(37)33-22(3)4)34(20-24-10-8-23(5)9-11-24)30(36)21-35(26-14-16-27(17-15-26)40-7-2)41(38,39)28-18-12-25(32)13-19-28/h8-19,22,29H,6-7,20-21H2,1-5H3,(H,33,37). The molecule has 41 heavy (non-hydrogen) atoms. The van der Waals surface area contributed by atoms with E-state index in [9.17, 15) is 18.0 Å². The number of amides is 2. The smallest absolute Gasteiger partial charge is 0.264 e. The summed E-state index contributed by atoms with van der Waals surface area (Å²) in [7, 11) is -4.15. The molecule has 0 radical (unpaired) electrons. The minimum absolute atomic E-state index is 0.0389. The number of anilines is 1. The molecule has 0 bridgehead atoms. The van der Waals surface area contributed by atoms with Crippen molar-refractivity contribution in [2.24, 2.45) is 0 Å². The molecule has 0 saturated heterocycles. The summed E-state index contributed by atoms with van der Waals surface area (Å²) in [5.41, 5.74) is 2.21. The third-order valence-electron chi connectivity index (χ3n) is 6.41. The molecule has 0 aromatic heterocycles. The third kappa shape index (κ3) is 8.56. The molecule has 10 heteroatoms. The van der Waals surface area contributed by atoms with E-state index >= 15 is 0 Å². The van der Waals surface area contributed by atoms with Crippen molar-refractivity contribution in [1.29, 1.82) is 0 Å². The molecule has 0 spiro atoms. The molecule has 3 aromatic rings. The first-order chi connectivity index (χ1) is 19.5. The van der Waals surface area contributed by atoms with Crippen molar-refractivity contribution in [3.8, 4) is 5.75 Å². The van der Waals surface area contributed by atoms with Crippen molar-refractivity contribution in [3.05, 3.63) is 88.4 Å². The second kappa shape index (κ2) is 14.5. The SMILES string of the molecule is CCOc1ccc(N(CC(=O)N(Cc2ccc(C)cc2)C(CC)C(=O)NC(C)C)S(=O)(=O)c2ccc(Br)cc2)cc1. The van der Waals surface area contributed by atoms with Gasteiger partial charge in [0.25, 0.3) is 10.0 Å². The Labute approximate surface area is 251 Å². The number of ether oxygens (including phenoxy) is 1. The Morgan fingerprint density at radius 1 is 0.927 bits per heavy atom. The average molecular weight is 645 g/mol. The molecule has 1 unspecified atom stereocenters. The Hall–Kier alpha value is -3.37. The molecule has 0 aliphatic heterocycles. The number of hydrogen-bond acceptors (Lipinski definition) is 5. The molecule has 0 aliphatic carbocycles. The molecule has 0 saturated carbocycles. The zero-order valence-corrected chi connectivity index (χ0v) is 26.5. The quantitative estimate of drug-likeness (QED) is 0.258. The van der Waals surface area contributed by atoms with Gasteiger partial charge >= 0.3 is 0 Å². The van der Waals surface area contributed by atoms with E-state index in [0.717, 1.165) is 19.9 Å². The number of halogens is 1. The lowest BCUT2D eigenvalue weighted by atomic mass is 10.1. The van der Waals surface area contributed by atoms with Crippen LogP contribution in [0.4, 0.5) is 5.69 Å². The highest BCUT2D eigenvalue weighted by atomic mass is 79.9. The highest BCUT2D eigenvalue weighted by Crippen LogP contribution is 2.27. The molecular weight excluding hydrogens is 606 g/mol. The highest BCUT2D eigenvalue weighted by molar-refractivity contribution is 9.10. The monoisotopic (exact) mass is 643 g/mol. The second-order valence-electron chi connectivity index (χ2n) is 9.99. The second-order valence-corrected chi connectivity index (χ2v) is 12.8. The maximum absolute atomic E-state index is 14.1. The summed E-state index contributed by atoms with van der Waals surface area (Å²) in [5, 5.41) is 2.91. The summed E-state index contributed by atoms with van der Waals surface area (Å²) in [6.45, 7) is 9.50. The van der Waals surface area contributed by atoms with E-state index < -0.39 is 28.5 Å². The van der Waals surface area contributed by atoms with Crippen LogP contribution in [0.15, 0.2) is 82.2 Å². The molecule has 0 heterocycles. The summed E-state index contributed by atoms with van der Waals surface area (Å²) in [4.78, 5) is 28.8. The van der Waals surface area contributed by atoms with E-state index in [0.29, 0.717) is 24.5 Å². The molecule has 0 fully saturated rings. The fourth-order valence-electron chi connectivity index (χ4n) is 4.33. The van der Waals surface area contributed by atoms with Crippen molar-refractivity contribution < 1.29 is 22.7 Å². The lowest BCUT2D eigenvalue weighted by Crippen LogP contribution is -2.53. The van der Waals surface area contributed by atoms with Crippen molar-refractivity contribution in [2.45, 2.75) is 64.6 Å². The zero-order chi connectivity index (χ0) is 30.2. The fraction of sp³-hybridized carbons (Fsp3) is 0.355. The van der Waals surface area contributed by atoms with Gasteiger partial charge in [-0.3, -0.25) is 13.9 Å². The van der Waals surface area contributed by atoms with Gasteiger partial charge in [0.2, 0.25) is 11.8 Å². The first kappa shape index (κ1) is 32.1. The minimum Gasteiger partial charge on any atom is -0.494 e. The molecule has 3 aromatic carbocycles. The summed E-state index contributed by atoms with van der Waals surface area (Å²) >= 11 is 3.35. The topological polar surface area (TPSA) is 96.0 Å². The fourth-order valence-corrected chi connectivity index (χ4v) is 6.01. The molecule has 220 valence electrons. The molecule has 3 rings (SSSR count). The predicted molar refractivity (Wildman–Crippen MR) is 165 cm³/mol. The Morgan fingerprint density at radius 2 is 1.54 bits per heavy atom. The van der Waals surface area contributed by atoms with Crippen LogP contribution in [-0.4, -0.2) is 50.4 Å². The van der Waals surface area contributed by atoms with Crippen molar-refractivity contribution in [3.63, 3.8) is 0 Å². The third-order valence-corrected chi connectivity index (χ3v) is 8.72. The van der Waals surface area contributed by atoms with Crippen LogP contribution in [-0.2, 0) is 26.2 Å². The van der Waals surface area contributed by atoms with Gasteiger partial charge in [0.1, 0.15) is 18.3 Å².